The lowest BCUT2D eigenvalue weighted by Crippen LogP contribution is -2.35. The lowest BCUT2D eigenvalue weighted by molar-refractivity contribution is 0.0342. The van der Waals surface area contributed by atoms with Crippen LogP contribution >= 0.6 is 0 Å². The predicted octanol–water partition coefficient (Wildman–Crippen LogP) is 3.69. The number of hydrogen-bond acceptors (Lipinski definition) is 8. The van der Waals surface area contributed by atoms with Crippen molar-refractivity contribution >= 4 is 33.2 Å². The van der Waals surface area contributed by atoms with Gasteiger partial charge in [-0.05, 0) is 55.2 Å². The molecule has 2 fully saturated rings. The van der Waals surface area contributed by atoms with Crippen LogP contribution in [0.4, 0.5) is 23.1 Å². The van der Waals surface area contributed by atoms with Crippen LogP contribution in [0.3, 0.4) is 0 Å². The van der Waals surface area contributed by atoms with Crippen molar-refractivity contribution in [1.29, 1.82) is 0 Å². The summed E-state index contributed by atoms with van der Waals surface area (Å²) in [4.78, 5) is 11.5. The Morgan fingerprint density at radius 2 is 1.58 bits per heavy atom. The molecule has 2 heterocycles. The first-order valence-electron chi connectivity index (χ1n) is 12.3. The molecule has 3 N–H and O–H groups in total. The van der Waals surface area contributed by atoms with Crippen molar-refractivity contribution in [1.82, 2.24) is 19.6 Å². The molecule has 5 rings (SSSR count). The molecule has 0 bridgehead atoms. The van der Waals surface area contributed by atoms with Gasteiger partial charge in [0.2, 0.25) is 16.0 Å². The molecule has 1 saturated heterocycles. The fourth-order valence-corrected chi connectivity index (χ4v) is 5.35. The molecule has 1 aliphatic heterocycles. The van der Waals surface area contributed by atoms with Gasteiger partial charge in [-0.3, -0.25) is 4.90 Å². The molecule has 0 atom stereocenters. The molecule has 1 aromatic heterocycles. The molecule has 9 nitrogen and oxygen atoms in total. The third-order valence-electron chi connectivity index (χ3n) is 6.35. The van der Waals surface area contributed by atoms with Gasteiger partial charge in [0.05, 0.1) is 18.5 Å². The molecule has 190 valence electrons. The highest BCUT2D eigenvalue weighted by molar-refractivity contribution is 7.90. The summed E-state index contributed by atoms with van der Waals surface area (Å²) in [7, 11) is -3.19. The van der Waals surface area contributed by atoms with E-state index < -0.39 is 10.0 Å². The second kappa shape index (κ2) is 10.9. The van der Waals surface area contributed by atoms with Crippen molar-refractivity contribution in [3.63, 3.8) is 0 Å². The minimum atomic E-state index is -3.19. The highest BCUT2D eigenvalue weighted by atomic mass is 32.2. The fourth-order valence-electron chi connectivity index (χ4n) is 3.99. The van der Waals surface area contributed by atoms with E-state index >= 15 is 0 Å². The van der Waals surface area contributed by atoms with Gasteiger partial charge in [0.25, 0.3) is 0 Å². The fraction of sp³-hybridized carbons (Fsp3) is 0.385. The number of benzene rings is 2. The molecule has 36 heavy (non-hydrogen) atoms. The minimum Gasteiger partial charge on any atom is -0.379 e. The van der Waals surface area contributed by atoms with Gasteiger partial charge in [-0.25, -0.2) is 18.1 Å². The topological polar surface area (TPSA) is 108 Å². The molecule has 0 unspecified atom stereocenters. The number of nitrogens with one attached hydrogen (secondary N) is 3. The van der Waals surface area contributed by atoms with Crippen LogP contribution in [0.2, 0.25) is 0 Å². The van der Waals surface area contributed by atoms with Crippen LogP contribution in [0, 0.1) is 6.92 Å². The van der Waals surface area contributed by atoms with Crippen molar-refractivity contribution in [2.75, 3.05) is 36.9 Å². The summed E-state index contributed by atoms with van der Waals surface area (Å²) < 4.78 is 32.2. The molecular weight excluding hydrogens is 476 g/mol. The summed E-state index contributed by atoms with van der Waals surface area (Å²) in [6, 6.07) is 16.0. The summed E-state index contributed by atoms with van der Waals surface area (Å²) in [6.07, 6.45) is 3.30. The van der Waals surface area contributed by atoms with Gasteiger partial charge in [-0.2, -0.15) is 4.98 Å². The maximum absolute atomic E-state index is 12.0. The summed E-state index contributed by atoms with van der Waals surface area (Å²) in [5.74, 6) is 1.22. The number of ether oxygens (including phenoxy) is 1. The van der Waals surface area contributed by atoms with E-state index in [0.29, 0.717) is 18.3 Å². The van der Waals surface area contributed by atoms with Gasteiger partial charge in [0, 0.05) is 49.3 Å². The van der Waals surface area contributed by atoms with Crippen molar-refractivity contribution in [2.24, 2.45) is 0 Å². The summed E-state index contributed by atoms with van der Waals surface area (Å²) in [5, 5.41) is 6.40. The third kappa shape index (κ3) is 6.58. The molecule has 1 aliphatic carbocycles. The number of aryl methyl sites for hydroxylation is 1. The first kappa shape index (κ1) is 24.6. The number of hydrogen-bond donors (Lipinski definition) is 3. The SMILES string of the molecule is Cc1cnc(Nc2ccc(CN3CCOCC3)cc2)nc1Nc1ccc(CNS(=O)(=O)C2CC2)cc1. The van der Waals surface area contributed by atoms with Crippen molar-refractivity contribution in [2.45, 2.75) is 38.1 Å². The Morgan fingerprint density at radius 1 is 0.944 bits per heavy atom. The van der Waals surface area contributed by atoms with Crippen molar-refractivity contribution < 1.29 is 13.2 Å². The average molecular weight is 509 g/mol. The summed E-state index contributed by atoms with van der Waals surface area (Å²) in [6.45, 7) is 6.70. The van der Waals surface area contributed by atoms with Crippen LogP contribution in [0.5, 0.6) is 0 Å². The molecule has 2 aromatic carbocycles. The Labute approximate surface area is 212 Å². The second-order valence-electron chi connectivity index (χ2n) is 9.32. The molecule has 1 saturated carbocycles. The summed E-state index contributed by atoms with van der Waals surface area (Å²) in [5.41, 5.74) is 4.88. The normalized spacial score (nSPS) is 16.6. The van der Waals surface area contributed by atoms with E-state index in [2.05, 4.69) is 42.4 Å². The van der Waals surface area contributed by atoms with E-state index in [-0.39, 0.29) is 5.25 Å². The van der Waals surface area contributed by atoms with Gasteiger partial charge in [0.15, 0.2) is 0 Å². The first-order chi connectivity index (χ1) is 17.4. The van der Waals surface area contributed by atoms with Gasteiger partial charge < -0.3 is 15.4 Å². The zero-order valence-electron chi connectivity index (χ0n) is 20.4. The Morgan fingerprint density at radius 3 is 2.25 bits per heavy atom. The van der Waals surface area contributed by atoms with Crippen LogP contribution in [0.1, 0.15) is 29.5 Å². The predicted molar refractivity (Wildman–Crippen MR) is 141 cm³/mol. The average Bonchev–Trinajstić information content (AvgIpc) is 3.74. The molecule has 0 radical (unpaired) electrons. The number of morpholine rings is 1. The largest absolute Gasteiger partial charge is 0.379 e. The zero-order valence-corrected chi connectivity index (χ0v) is 21.2. The Kier molecular flexibility index (Phi) is 7.47. The standard InChI is InChI=1S/C26H32N6O3S/c1-19-16-27-26(30-23-8-4-21(5-9-23)18-32-12-14-35-15-13-32)31-25(19)29-22-6-2-20(3-7-22)17-28-36(33,34)24-10-11-24/h2-9,16,24,28H,10-15,17-18H2,1H3,(H2,27,29,30,31). The van der Waals surface area contributed by atoms with Crippen molar-refractivity contribution in [3.8, 4) is 0 Å². The lowest BCUT2D eigenvalue weighted by Gasteiger charge is -2.26. The first-order valence-corrected chi connectivity index (χ1v) is 13.8. The molecule has 10 heteroatoms. The van der Waals surface area contributed by atoms with Crippen LogP contribution in [-0.4, -0.2) is 54.8 Å². The molecule has 0 amide bonds. The molecular formula is C26H32N6O3S. The Hall–Kier alpha value is -3.05. The van der Waals surface area contributed by atoms with Gasteiger partial charge in [0.1, 0.15) is 5.82 Å². The molecule has 0 spiro atoms. The second-order valence-corrected chi connectivity index (χ2v) is 11.4. The van der Waals surface area contributed by atoms with Crippen LogP contribution in [-0.2, 0) is 27.8 Å². The highest BCUT2D eigenvalue weighted by Crippen LogP contribution is 2.27. The van der Waals surface area contributed by atoms with Crippen molar-refractivity contribution in [3.05, 3.63) is 71.4 Å². The van der Waals surface area contributed by atoms with Gasteiger partial charge >= 0.3 is 0 Å². The van der Waals surface area contributed by atoms with E-state index in [9.17, 15) is 8.42 Å². The quantitative estimate of drug-likeness (QED) is 0.381. The smallest absolute Gasteiger partial charge is 0.229 e. The number of rotatable bonds is 10. The van der Waals surface area contributed by atoms with E-state index in [1.54, 1.807) is 6.20 Å². The van der Waals surface area contributed by atoms with Crippen LogP contribution < -0.4 is 15.4 Å². The number of nitrogens with zero attached hydrogens (tertiary/aromatic N) is 3. The lowest BCUT2D eigenvalue weighted by atomic mass is 10.2. The van der Waals surface area contributed by atoms with E-state index in [1.165, 1.54) is 5.56 Å². The Balaban J connectivity index is 1.18. The van der Waals surface area contributed by atoms with E-state index in [4.69, 9.17) is 4.74 Å². The van der Waals surface area contributed by atoms with Crippen LogP contribution in [0.15, 0.2) is 54.7 Å². The maximum atomic E-state index is 12.0. The number of aromatic nitrogens is 2. The highest BCUT2D eigenvalue weighted by Gasteiger charge is 2.35. The van der Waals surface area contributed by atoms with E-state index in [1.807, 2.05) is 43.3 Å². The third-order valence-corrected chi connectivity index (χ3v) is 8.24. The maximum Gasteiger partial charge on any atom is 0.229 e. The molecule has 3 aromatic rings. The van der Waals surface area contributed by atoms with Gasteiger partial charge in [-0.1, -0.05) is 24.3 Å². The number of anilines is 4. The number of sulfonamides is 1. The van der Waals surface area contributed by atoms with Gasteiger partial charge in [-0.15, -0.1) is 0 Å². The Bertz CT molecular complexity index is 1270. The molecule has 2 aliphatic rings. The minimum absolute atomic E-state index is 0.213. The van der Waals surface area contributed by atoms with Crippen LogP contribution in [0.25, 0.3) is 0 Å². The van der Waals surface area contributed by atoms with E-state index in [0.717, 1.165) is 68.2 Å². The zero-order chi connectivity index (χ0) is 25.0. The monoisotopic (exact) mass is 508 g/mol. The summed E-state index contributed by atoms with van der Waals surface area (Å²) >= 11 is 0.